The number of nitrogens with zero attached hydrogens (tertiary/aromatic N) is 1. The Kier molecular flexibility index (Phi) is 5.05. The van der Waals surface area contributed by atoms with E-state index in [-0.39, 0.29) is 30.5 Å². The standard InChI is InChI=1S/C19H21FN2O3/c1-2-11-21-17(23)16-13-25-19(9-4-3-5-10-19)22(16)18(24)14-7-6-8-15(20)12-14/h1,6-8,12,16H,3-5,9-11,13H2,(H,21,23). The predicted molar refractivity (Wildman–Crippen MR) is 90.0 cm³/mol. The monoisotopic (exact) mass is 344 g/mol. The average Bonchev–Trinajstić information content (AvgIpc) is 2.98. The molecule has 5 nitrogen and oxygen atoms in total. The van der Waals surface area contributed by atoms with Crippen molar-refractivity contribution in [2.45, 2.75) is 43.9 Å². The summed E-state index contributed by atoms with van der Waals surface area (Å²) in [5.41, 5.74) is -0.579. The lowest BCUT2D eigenvalue weighted by molar-refractivity contribution is -0.127. The molecule has 6 heteroatoms. The van der Waals surface area contributed by atoms with Crippen molar-refractivity contribution >= 4 is 11.8 Å². The molecule has 1 N–H and O–H groups in total. The van der Waals surface area contributed by atoms with Gasteiger partial charge in [-0.05, 0) is 43.9 Å². The lowest BCUT2D eigenvalue weighted by atomic mass is 9.89. The molecule has 2 amide bonds. The summed E-state index contributed by atoms with van der Waals surface area (Å²) in [7, 11) is 0. The molecule has 1 saturated heterocycles. The summed E-state index contributed by atoms with van der Waals surface area (Å²) in [6.07, 6.45) is 9.46. The van der Waals surface area contributed by atoms with E-state index in [0.29, 0.717) is 12.8 Å². The number of carbonyl (C=O) groups is 2. The summed E-state index contributed by atoms with van der Waals surface area (Å²) in [4.78, 5) is 27.1. The first kappa shape index (κ1) is 17.4. The van der Waals surface area contributed by atoms with Crippen molar-refractivity contribution in [2.24, 2.45) is 0 Å². The molecule has 1 aliphatic heterocycles. The fourth-order valence-corrected chi connectivity index (χ4v) is 3.69. The van der Waals surface area contributed by atoms with E-state index in [1.807, 2.05) is 0 Å². The largest absolute Gasteiger partial charge is 0.353 e. The van der Waals surface area contributed by atoms with Crippen LogP contribution in [-0.4, -0.2) is 41.6 Å². The highest BCUT2D eigenvalue weighted by molar-refractivity contribution is 5.98. The molecule has 0 radical (unpaired) electrons. The second kappa shape index (κ2) is 7.24. The molecule has 3 rings (SSSR count). The molecular weight excluding hydrogens is 323 g/mol. The van der Waals surface area contributed by atoms with Gasteiger partial charge in [0.25, 0.3) is 5.91 Å². The van der Waals surface area contributed by atoms with Gasteiger partial charge in [-0.2, -0.15) is 0 Å². The molecule has 1 atom stereocenters. The number of terminal acetylenes is 1. The molecular formula is C19H21FN2O3. The average molecular weight is 344 g/mol. The summed E-state index contributed by atoms with van der Waals surface area (Å²) < 4.78 is 19.5. The van der Waals surface area contributed by atoms with E-state index in [1.54, 1.807) is 6.07 Å². The van der Waals surface area contributed by atoms with Crippen LogP contribution in [0.5, 0.6) is 0 Å². The third-order valence-electron chi connectivity index (χ3n) is 4.85. The van der Waals surface area contributed by atoms with Crippen LogP contribution in [0.3, 0.4) is 0 Å². The number of nitrogens with one attached hydrogen (secondary N) is 1. The number of ether oxygens (including phenoxy) is 1. The van der Waals surface area contributed by atoms with Gasteiger partial charge in [0.15, 0.2) is 0 Å². The molecule has 2 aliphatic rings. The minimum Gasteiger partial charge on any atom is -0.353 e. The van der Waals surface area contributed by atoms with Crippen molar-refractivity contribution < 1.29 is 18.7 Å². The van der Waals surface area contributed by atoms with Crippen LogP contribution < -0.4 is 5.32 Å². The molecule has 2 fully saturated rings. The normalized spacial score (nSPS) is 21.8. The van der Waals surface area contributed by atoms with Gasteiger partial charge < -0.3 is 10.1 Å². The zero-order valence-electron chi connectivity index (χ0n) is 14.0. The highest BCUT2D eigenvalue weighted by Gasteiger charge is 2.52. The third-order valence-corrected chi connectivity index (χ3v) is 4.85. The molecule has 1 saturated carbocycles. The Hall–Kier alpha value is -2.39. The van der Waals surface area contributed by atoms with Crippen molar-refractivity contribution in [3.05, 3.63) is 35.6 Å². The van der Waals surface area contributed by atoms with E-state index < -0.39 is 17.6 Å². The molecule has 1 aliphatic carbocycles. The van der Waals surface area contributed by atoms with Crippen molar-refractivity contribution in [3.63, 3.8) is 0 Å². The van der Waals surface area contributed by atoms with Gasteiger partial charge in [-0.3, -0.25) is 14.5 Å². The molecule has 0 bridgehead atoms. The van der Waals surface area contributed by atoms with Gasteiger partial charge >= 0.3 is 0 Å². The van der Waals surface area contributed by atoms with Gasteiger partial charge in [0.2, 0.25) is 5.91 Å². The van der Waals surface area contributed by atoms with Crippen molar-refractivity contribution in [1.82, 2.24) is 10.2 Å². The fraction of sp³-hybridized carbons (Fsp3) is 0.474. The van der Waals surface area contributed by atoms with E-state index in [2.05, 4.69) is 11.2 Å². The van der Waals surface area contributed by atoms with Crippen LogP contribution in [0, 0.1) is 18.2 Å². The van der Waals surface area contributed by atoms with Crippen LogP contribution in [0.15, 0.2) is 24.3 Å². The van der Waals surface area contributed by atoms with E-state index in [9.17, 15) is 14.0 Å². The van der Waals surface area contributed by atoms with Crippen LogP contribution >= 0.6 is 0 Å². The zero-order valence-corrected chi connectivity index (χ0v) is 14.0. The van der Waals surface area contributed by atoms with Crippen molar-refractivity contribution in [1.29, 1.82) is 0 Å². The fourth-order valence-electron chi connectivity index (χ4n) is 3.69. The molecule has 1 spiro atoms. The van der Waals surface area contributed by atoms with Crippen molar-refractivity contribution in [2.75, 3.05) is 13.2 Å². The maximum atomic E-state index is 13.6. The highest BCUT2D eigenvalue weighted by atomic mass is 19.1. The number of hydrogen-bond acceptors (Lipinski definition) is 3. The van der Waals surface area contributed by atoms with Crippen LogP contribution in [0.25, 0.3) is 0 Å². The third kappa shape index (κ3) is 3.38. The smallest absolute Gasteiger partial charge is 0.256 e. The molecule has 1 unspecified atom stereocenters. The van der Waals surface area contributed by atoms with E-state index in [0.717, 1.165) is 19.3 Å². The number of hydrogen-bond donors (Lipinski definition) is 1. The summed E-state index contributed by atoms with van der Waals surface area (Å²) >= 11 is 0. The van der Waals surface area contributed by atoms with Crippen LogP contribution in [0.2, 0.25) is 0 Å². The van der Waals surface area contributed by atoms with Gasteiger partial charge in [-0.25, -0.2) is 4.39 Å². The first-order valence-corrected chi connectivity index (χ1v) is 8.52. The zero-order chi connectivity index (χ0) is 17.9. The van der Waals surface area contributed by atoms with Crippen LogP contribution in [0.4, 0.5) is 4.39 Å². The Morgan fingerprint density at radius 3 is 2.80 bits per heavy atom. The lowest BCUT2D eigenvalue weighted by Crippen LogP contribution is -2.56. The van der Waals surface area contributed by atoms with Crippen LogP contribution in [0.1, 0.15) is 42.5 Å². The highest BCUT2D eigenvalue weighted by Crippen LogP contribution is 2.41. The Bertz CT molecular complexity index is 707. The topological polar surface area (TPSA) is 58.6 Å². The Labute approximate surface area is 146 Å². The maximum absolute atomic E-state index is 13.6. The number of benzene rings is 1. The first-order valence-electron chi connectivity index (χ1n) is 8.52. The van der Waals surface area contributed by atoms with E-state index in [4.69, 9.17) is 11.2 Å². The lowest BCUT2D eigenvalue weighted by Gasteiger charge is -2.41. The maximum Gasteiger partial charge on any atom is 0.256 e. The molecule has 25 heavy (non-hydrogen) atoms. The predicted octanol–water partition coefficient (Wildman–Crippen LogP) is 2.08. The minimum atomic E-state index is -0.792. The quantitative estimate of drug-likeness (QED) is 0.854. The summed E-state index contributed by atoms with van der Waals surface area (Å²) in [6.45, 7) is 0.210. The number of carbonyl (C=O) groups excluding carboxylic acids is 2. The number of halogens is 1. The minimum absolute atomic E-state index is 0.0876. The molecule has 1 aromatic rings. The second-order valence-electron chi connectivity index (χ2n) is 6.44. The molecule has 1 aromatic carbocycles. The van der Waals surface area contributed by atoms with Gasteiger partial charge in [-0.15, -0.1) is 6.42 Å². The van der Waals surface area contributed by atoms with Gasteiger partial charge in [0, 0.05) is 5.56 Å². The first-order chi connectivity index (χ1) is 12.1. The van der Waals surface area contributed by atoms with Crippen molar-refractivity contribution in [3.8, 4) is 12.3 Å². The Morgan fingerprint density at radius 2 is 2.12 bits per heavy atom. The Balaban J connectivity index is 1.93. The SMILES string of the molecule is C#CCNC(=O)C1COC2(CCCCC2)N1C(=O)c1cccc(F)c1. The Morgan fingerprint density at radius 1 is 1.36 bits per heavy atom. The number of rotatable bonds is 3. The van der Waals surface area contributed by atoms with Gasteiger partial charge in [-0.1, -0.05) is 18.4 Å². The second-order valence-corrected chi connectivity index (χ2v) is 6.44. The van der Waals surface area contributed by atoms with E-state index >= 15 is 0 Å². The van der Waals surface area contributed by atoms with Gasteiger partial charge in [0.1, 0.15) is 17.6 Å². The summed E-state index contributed by atoms with van der Waals surface area (Å²) in [6, 6.07) is 4.75. The molecule has 0 aromatic heterocycles. The van der Waals surface area contributed by atoms with Gasteiger partial charge in [0.05, 0.1) is 13.2 Å². The van der Waals surface area contributed by atoms with Crippen LogP contribution in [-0.2, 0) is 9.53 Å². The summed E-state index contributed by atoms with van der Waals surface area (Å²) in [5.74, 6) is 1.13. The molecule has 132 valence electrons. The summed E-state index contributed by atoms with van der Waals surface area (Å²) in [5, 5.41) is 2.62. The molecule has 1 heterocycles. The van der Waals surface area contributed by atoms with E-state index in [1.165, 1.54) is 23.1 Å². The number of amides is 2.